The first-order valence-corrected chi connectivity index (χ1v) is 2.04. The highest BCUT2D eigenvalue weighted by Crippen LogP contribution is 1.84. The van der Waals surface area contributed by atoms with Gasteiger partial charge in [0.15, 0.2) is 6.20 Å². The number of nitrogens with zero attached hydrogens (tertiary/aromatic N) is 2. The van der Waals surface area contributed by atoms with Crippen LogP contribution in [0.2, 0.25) is 0 Å². The fourth-order valence-corrected chi connectivity index (χ4v) is 0.328. The van der Waals surface area contributed by atoms with Crippen LogP contribution in [0.5, 0.6) is 0 Å². The van der Waals surface area contributed by atoms with Crippen LogP contribution in [0.4, 0.5) is 0 Å². The van der Waals surface area contributed by atoms with Gasteiger partial charge in [-0.3, -0.25) is 0 Å². The number of hydrogen-bond donors (Lipinski definition) is 0. The second kappa shape index (κ2) is 1.57. The maximum absolute atomic E-state index is 3.65. The Morgan fingerprint density at radius 2 is 2.71 bits per heavy atom. The van der Waals surface area contributed by atoms with E-state index in [9.17, 15) is 0 Å². The van der Waals surface area contributed by atoms with Crippen LogP contribution in [0.1, 0.15) is 6.92 Å². The van der Waals surface area contributed by atoms with Gasteiger partial charge in [-0.2, -0.15) is 4.67 Å². The summed E-state index contributed by atoms with van der Waals surface area (Å²) < 4.78 is 3.65. The molecular weight excluding hydrogens is 88.1 g/mol. The molecule has 2 nitrogen and oxygen atoms in total. The Morgan fingerprint density at radius 3 is 3.00 bits per heavy atom. The topological polar surface area (TPSA) is 26.5 Å². The van der Waals surface area contributed by atoms with E-state index in [0.717, 1.165) is 5.57 Å². The smallest absolute Gasteiger partial charge is 0.161 e. The lowest BCUT2D eigenvalue weighted by Crippen LogP contribution is -1.83. The van der Waals surface area contributed by atoms with Crippen molar-refractivity contribution < 1.29 is 0 Å². The average Bonchev–Trinajstić information content (AvgIpc) is 1.69. The molecule has 1 rings (SSSR count). The van der Waals surface area contributed by atoms with Crippen LogP contribution in [-0.4, -0.2) is 12.2 Å². The van der Waals surface area contributed by atoms with Gasteiger partial charge in [-0.25, -0.2) is 0 Å². The second-order valence-corrected chi connectivity index (χ2v) is 1.36. The molecule has 1 aliphatic rings. The van der Waals surface area contributed by atoms with Gasteiger partial charge in [-0.05, 0) is 6.92 Å². The van der Waals surface area contributed by atoms with E-state index in [2.05, 4.69) is 15.7 Å². The SMILES string of the molecule is CC1=CN=C=[N+]=C1. The van der Waals surface area contributed by atoms with Crippen LogP contribution < -0.4 is 4.67 Å². The highest BCUT2D eigenvalue weighted by atomic mass is 14.7. The molecule has 0 unspecified atom stereocenters. The van der Waals surface area contributed by atoms with E-state index >= 15 is 0 Å². The van der Waals surface area contributed by atoms with Crippen molar-refractivity contribution >= 4 is 12.2 Å². The fourth-order valence-electron chi connectivity index (χ4n) is 0.328. The molecule has 0 amide bonds. The molecule has 7 heavy (non-hydrogen) atoms. The summed E-state index contributed by atoms with van der Waals surface area (Å²) >= 11 is 0. The predicted molar refractivity (Wildman–Crippen MR) is 29.4 cm³/mol. The molecule has 0 radical (unpaired) electrons. The first kappa shape index (κ1) is 4.07. The van der Waals surface area contributed by atoms with Crippen LogP contribution in [0, 0.1) is 0 Å². The summed E-state index contributed by atoms with van der Waals surface area (Å²) in [6.07, 6.45) is 3.43. The van der Waals surface area contributed by atoms with Crippen molar-refractivity contribution in [1.29, 1.82) is 0 Å². The first-order chi connectivity index (χ1) is 3.39. The summed E-state index contributed by atoms with van der Waals surface area (Å²) in [6, 6.07) is 2.43. The van der Waals surface area contributed by atoms with E-state index in [1.165, 1.54) is 0 Å². The molecule has 1 heterocycles. The van der Waals surface area contributed by atoms with Gasteiger partial charge in [-0.1, -0.05) is 0 Å². The minimum absolute atomic E-state index is 1.07. The minimum Gasteiger partial charge on any atom is -0.161 e. The number of hydrogen-bond acceptors (Lipinski definition) is 1. The minimum atomic E-state index is 1.07. The normalized spacial score (nSPS) is 14.7. The van der Waals surface area contributed by atoms with Gasteiger partial charge >= 0.3 is 6.01 Å². The van der Waals surface area contributed by atoms with Crippen molar-refractivity contribution in [2.75, 3.05) is 0 Å². The molecule has 0 aliphatic carbocycles. The maximum atomic E-state index is 3.65. The molecule has 0 saturated heterocycles. The average molecular weight is 93.1 g/mol. The van der Waals surface area contributed by atoms with E-state index in [1.807, 2.05) is 6.92 Å². The first-order valence-electron chi connectivity index (χ1n) is 2.04. The van der Waals surface area contributed by atoms with Crippen LogP contribution in [-0.2, 0) is 0 Å². The lowest BCUT2D eigenvalue weighted by atomic mass is 10.4. The Morgan fingerprint density at radius 1 is 1.86 bits per heavy atom. The van der Waals surface area contributed by atoms with Gasteiger partial charge in [0.2, 0.25) is 6.21 Å². The van der Waals surface area contributed by atoms with E-state index in [-0.39, 0.29) is 0 Å². The molecule has 34 valence electrons. The molecule has 0 atom stereocenters. The molecule has 1 aliphatic heterocycles. The Bertz CT molecular complexity index is 188. The molecule has 0 saturated carbocycles. The molecule has 0 fully saturated rings. The third-order valence-electron chi connectivity index (χ3n) is 0.652. The van der Waals surface area contributed by atoms with Crippen molar-refractivity contribution in [1.82, 2.24) is 4.67 Å². The summed E-state index contributed by atoms with van der Waals surface area (Å²) in [4.78, 5) is 3.65. The second-order valence-electron chi connectivity index (χ2n) is 1.36. The zero-order valence-electron chi connectivity index (χ0n) is 4.05. The number of rotatable bonds is 0. The van der Waals surface area contributed by atoms with Gasteiger partial charge in [0.05, 0.1) is 5.57 Å². The van der Waals surface area contributed by atoms with Crippen molar-refractivity contribution in [2.45, 2.75) is 6.92 Å². The molecule has 0 bridgehead atoms. The number of allylic oxidation sites excluding steroid dienone is 1. The monoisotopic (exact) mass is 93.0 g/mol. The van der Waals surface area contributed by atoms with Crippen LogP contribution in [0.3, 0.4) is 0 Å². The zero-order chi connectivity index (χ0) is 5.11. The fraction of sp³-hybridized carbons (Fsp3) is 0.200. The van der Waals surface area contributed by atoms with Crippen molar-refractivity contribution in [3.63, 3.8) is 0 Å². The third-order valence-corrected chi connectivity index (χ3v) is 0.652. The molecule has 0 spiro atoms. The Labute approximate surface area is 41.6 Å². The summed E-state index contributed by atoms with van der Waals surface area (Å²) in [5.41, 5.74) is 1.07. The predicted octanol–water partition coefficient (Wildman–Crippen LogP) is 0.216. The number of aliphatic imine (C=N–C) groups is 1. The van der Waals surface area contributed by atoms with Crippen LogP contribution in [0.15, 0.2) is 16.8 Å². The standard InChI is InChI=1S/C5H5N2/c1-5-2-6-4-7-3-5/h2-3H,1H3/q+1. The van der Waals surface area contributed by atoms with Crippen LogP contribution >= 0.6 is 0 Å². The Balaban J connectivity index is 3.02. The third kappa shape index (κ3) is 0.866. The molecule has 0 N–H and O–H groups in total. The van der Waals surface area contributed by atoms with E-state index in [4.69, 9.17) is 0 Å². The molecule has 0 aromatic rings. The highest BCUT2D eigenvalue weighted by Gasteiger charge is 1.89. The highest BCUT2D eigenvalue weighted by molar-refractivity contribution is 5.79. The van der Waals surface area contributed by atoms with E-state index in [0.29, 0.717) is 0 Å². The largest absolute Gasteiger partial charge is 0.428 e. The molecule has 0 aromatic carbocycles. The molecule has 2 heteroatoms. The van der Waals surface area contributed by atoms with Gasteiger partial charge in [0.1, 0.15) is 0 Å². The van der Waals surface area contributed by atoms with Gasteiger partial charge in [-0.15, -0.1) is 0 Å². The Kier molecular flexibility index (Phi) is 0.910. The lowest BCUT2D eigenvalue weighted by Gasteiger charge is -1.70. The molecule has 0 aromatic heterocycles. The summed E-state index contributed by atoms with van der Waals surface area (Å²) in [5, 5.41) is 0. The molecular formula is C5H5N2+. The summed E-state index contributed by atoms with van der Waals surface area (Å²) in [6.45, 7) is 1.94. The van der Waals surface area contributed by atoms with E-state index in [1.54, 1.807) is 12.4 Å². The van der Waals surface area contributed by atoms with Crippen molar-refractivity contribution in [2.24, 2.45) is 4.99 Å². The van der Waals surface area contributed by atoms with Crippen LogP contribution in [0.25, 0.3) is 0 Å². The Hall–Kier alpha value is -1.10. The maximum Gasteiger partial charge on any atom is 0.428 e. The van der Waals surface area contributed by atoms with E-state index < -0.39 is 0 Å². The summed E-state index contributed by atoms with van der Waals surface area (Å²) in [5.74, 6) is 0. The van der Waals surface area contributed by atoms with Crippen molar-refractivity contribution in [3.8, 4) is 0 Å². The lowest BCUT2D eigenvalue weighted by molar-refractivity contribution is 1.44. The summed E-state index contributed by atoms with van der Waals surface area (Å²) in [7, 11) is 0. The van der Waals surface area contributed by atoms with Crippen molar-refractivity contribution in [3.05, 3.63) is 11.8 Å². The van der Waals surface area contributed by atoms with Gasteiger partial charge in [0.25, 0.3) is 0 Å². The quantitative estimate of drug-likeness (QED) is 0.383. The van der Waals surface area contributed by atoms with Gasteiger partial charge in [0, 0.05) is 4.99 Å². The van der Waals surface area contributed by atoms with Gasteiger partial charge < -0.3 is 0 Å². The zero-order valence-corrected chi connectivity index (χ0v) is 4.05.